The minimum atomic E-state index is -0.0728. The third-order valence-electron chi connectivity index (χ3n) is 3.70. The number of hydrogen-bond acceptors (Lipinski definition) is 5. The summed E-state index contributed by atoms with van der Waals surface area (Å²) in [5.74, 6) is 0.693. The second kappa shape index (κ2) is 7.57. The molecule has 0 saturated heterocycles. The second-order valence-electron chi connectivity index (χ2n) is 5.10. The molecule has 2 atom stereocenters. The van der Waals surface area contributed by atoms with Crippen molar-refractivity contribution in [3.05, 3.63) is 47.3 Å². The van der Waals surface area contributed by atoms with E-state index in [1.54, 1.807) is 36.2 Å². The van der Waals surface area contributed by atoms with Gasteiger partial charge in [-0.2, -0.15) is 10.4 Å². The van der Waals surface area contributed by atoms with Crippen LogP contribution in [0.25, 0.3) is 0 Å². The lowest BCUT2D eigenvalue weighted by Gasteiger charge is -2.26. The molecule has 1 aromatic rings. The molecule has 1 aliphatic rings. The van der Waals surface area contributed by atoms with Crippen LogP contribution in [-0.2, 0) is 9.47 Å². The largest absolute Gasteiger partial charge is 0.491 e. The molecule has 0 aromatic carbocycles. The fraction of sp³-hybridized carbons (Fsp3) is 0.438. The number of nitriles is 1. The van der Waals surface area contributed by atoms with E-state index in [4.69, 9.17) is 14.9 Å². The number of aromatic nitrogens is 2. The number of hydrogen-bond donors (Lipinski definition) is 1. The highest BCUT2D eigenvalue weighted by Crippen LogP contribution is 2.32. The van der Waals surface area contributed by atoms with Crippen LogP contribution in [0, 0.1) is 22.7 Å². The zero-order valence-corrected chi connectivity index (χ0v) is 12.8. The lowest BCUT2D eigenvalue weighted by Crippen LogP contribution is -2.30. The normalized spacial score (nSPS) is 18.9. The number of methoxy groups -OCH3 is 1. The SMILES string of the molecule is COCCOC1=CC[C@H](C(C)n2ncccc2=N)C(C#N)=C1. The molecule has 0 amide bonds. The molecule has 116 valence electrons. The molecule has 0 fully saturated rings. The predicted octanol–water partition coefficient (Wildman–Crippen LogP) is 1.94. The predicted molar refractivity (Wildman–Crippen MR) is 80.5 cm³/mol. The van der Waals surface area contributed by atoms with E-state index in [1.807, 2.05) is 13.0 Å². The van der Waals surface area contributed by atoms with Gasteiger partial charge in [-0.05, 0) is 37.6 Å². The summed E-state index contributed by atoms with van der Waals surface area (Å²) >= 11 is 0. The second-order valence-corrected chi connectivity index (χ2v) is 5.10. The zero-order valence-electron chi connectivity index (χ0n) is 12.8. The summed E-state index contributed by atoms with van der Waals surface area (Å²) in [4.78, 5) is 0. The van der Waals surface area contributed by atoms with E-state index in [2.05, 4.69) is 11.2 Å². The minimum absolute atomic E-state index is 0.0104. The monoisotopic (exact) mass is 300 g/mol. The van der Waals surface area contributed by atoms with Gasteiger partial charge in [-0.25, -0.2) is 4.68 Å². The molecule has 0 spiro atoms. The van der Waals surface area contributed by atoms with Crippen molar-refractivity contribution < 1.29 is 9.47 Å². The van der Waals surface area contributed by atoms with Crippen molar-refractivity contribution in [3.63, 3.8) is 0 Å². The average Bonchev–Trinajstić information content (AvgIpc) is 2.55. The standard InChI is InChI=1S/C16H20N4O2/c1-12(20-16(18)4-3-7-19-20)15-6-5-14(10-13(15)11-17)22-9-8-21-2/h3-5,7,10,12,15,18H,6,8-9H2,1-2H3/t12?,15-/m1/s1. The average molecular weight is 300 g/mol. The van der Waals surface area contributed by atoms with Gasteiger partial charge in [0.15, 0.2) is 0 Å². The van der Waals surface area contributed by atoms with Crippen LogP contribution in [0.3, 0.4) is 0 Å². The molecule has 6 heteroatoms. The Morgan fingerprint density at radius 2 is 2.36 bits per heavy atom. The van der Waals surface area contributed by atoms with Crippen molar-refractivity contribution in [2.24, 2.45) is 5.92 Å². The Balaban J connectivity index is 2.14. The molecule has 0 saturated carbocycles. The third kappa shape index (κ3) is 3.62. The molecule has 0 aliphatic heterocycles. The van der Waals surface area contributed by atoms with Crippen LogP contribution in [0.2, 0.25) is 0 Å². The molecule has 1 heterocycles. The molecule has 1 aliphatic carbocycles. The number of nitrogens with zero attached hydrogens (tertiary/aromatic N) is 3. The molecular formula is C16H20N4O2. The third-order valence-corrected chi connectivity index (χ3v) is 3.70. The highest BCUT2D eigenvalue weighted by molar-refractivity contribution is 5.35. The maximum absolute atomic E-state index is 9.41. The van der Waals surface area contributed by atoms with Gasteiger partial charge in [0.05, 0.1) is 18.7 Å². The molecule has 6 nitrogen and oxygen atoms in total. The number of ether oxygens (including phenoxy) is 2. The number of nitrogens with one attached hydrogen (secondary N) is 1. The van der Waals surface area contributed by atoms with E-state index < -0.39 is 0 Å². The van der Waals surface area contributed by atoms with E-state index >= 15 is 0 Å². The van der Waals surface area contributed by atoms with Crippen molar-refractivity contribution in [1.29, 1.82) is 10.7 Å². The summed E-state index contributed by atoms with van der Waals surface area (Å²) in [6.07, 6.45) is 6.09. The van der Waals surface area contributed by atoms with Crippen LogP contribution in [0.1, 0.15) is 19.4 Å². The quantitative estimate of drug-likeness (QED) is 0.814. The van der Waals surface area contributed by atoms with Crippen LogP contribution < -0.4 is 5.49 Å². The summed E-state index contributed by atoms with van der Waals surface area (Å²) in [7, 11) is 1.62. The van der Waals surface area contributed by atoms with Crippen molar-refractivity contribution in [2.45, 2.75) is 19.4 Å². The van der Waals surface area contributed by atoms with Gasteiger partial charge >= 0.3 is 0 Å². The van der Waals surface area contributed by atoms with Crippen LogP contribution in [0.4, 0.5) is 0 Å². The first-order valence-electron chi connectivity index (χ1n) is 7.19. The Morgan fingerprint density at radius 3 is 3.05 bits per heavy atom. The Labute approximate surface area is 129 Å². The smallest absolute Gasteiger partial charge is 0.141 e. The Hall–Kier alpha value is -2.39. The van der Waals surface area contributed by atoms with Crippen molar-refractivity contribution >= 4 is 0 Å². The topological polar surface area (TPSA) is 83.9 Å². The highest BCUT2D eigenvalue weighted by atomic mass is 16.5. The van der Waals surface area contributed by atoms with Crippen LogP contribution in [-0.4, -0.2) is 30.1 Å². The first-order chi connectivity index (χ1) is 10.7. The first-order valence-corrected chi connectivity index (χ1v) is 7.19. The fourth-order valence-electron chi connectivity index (χ4n) is 2.48. The lowest BCUT2D eigenvalue weighted by molar-refractivity contribution is 0.113. The maximum atomic E-state index is 9.41. The minimum Gasteiger partial charge on any atom is -0.491 e. The summed E-state index contributed by atoms with van der Waals surface area (Å²) in [6, 6.07) is 5.60. The van der Waals surface area contributed by atoms with Gasteiger partial charge in [0, 0.05) is 24.8 Å². The maximum Gasteiger partial charge on any atom is 0.141 e. The molecule has 2 rings (SSSR count). The molecule has 1 unspecified atom stereocenters. The van der Waals surface area contributed by atoms with E-state index in [9.17, 15) is 5.26 Å². The van der Waals surface area contributed by atoms with E-state index in [1.165, 1.54) is 0 Å². The highest BCUT2D eigenvalue weighted by Gasteiger charge is 2.26. The van der Waals surface area contributed by atoms with Crippen molar-refractivity contribution in [3.8, 4) is 6.07 Å². The molecular weight excluding hydrogens is 280 g/mol. The van der Waals surface area contributed by atoms with Gasteiger partial charge in [0.25, 0.3) is 0 Å². The van der Waals surface area contributed by atoms with Gasteiger partial charge in [0.1, 0.15) is 17.9 Å². The molecule has 1 aromatic heterocycles. The van der Waals surface area contributed by atoms with Crippen LogP contribution >= 0.6 is 0 Å². The first kappa shape index (κ1) is 16.0. The molecule has 1 N–H and O–H groups in total. The number of rotatable bonds is 6. The fourth-order valence-corrected chi connectivity index (χ4v) is 2.48. The Morgan fingerprint density at radius 1 is 1.55 bits per heavy atom. The van der Waals surface area contributed by atoms with Gasteiger partial charge in [-0.3, -0.25) is 5.41 Å². The molecule has 0 radical (unpaired) electrons. The van der Waals surface area contributed by atoms with Crippen LogP contribution in [0.15, 0.2) is 41.8 Å². The van der Waals surface area contributed by atoms with E-state index in [0.29, 0.717) is 36.5 Å². The Kier molecular flexibility index (Phi) is 5.50. The van der Waals surface area contributed by atoms with Gasteiger partial charge < -0.3 is 9.47 Å². The van der Waals surface area contributed by atoms with E-state index in [0.717, 1.165) is 0 Å². The van der Waals surface area contributed by atoms with Gasteiger partial charge in [-0.1, -0.05) is 0 Å². The van der Waals surface area contributed by atoms with Gasteiger partial charge in [-0.15, -0.1) is 0 Å². The van der Waals surface area contributed by atoms with Crippen molar-refractivity contribution in [1.82, 2.24) is 9.78 Å². The summed E-state index contributed by atoms with van der Waals surface area (Å²) in [5.41, 5.74) is 0.985. The number of allylic oxidation sites excluding steroid dienone is 3. The molecule has 0 bridgehead atoms. The molecule has 22 heavy (non-hydrogen) atoms. The summed E-state index contributed by atoms with van der Waals surface area (Å²) in [5, 5.41) is 21.6. The Bertz CT molecular complexity index is 669. The zero-order chi connectivity index (χ0) is 15.9. The van der Waals surface area contributed by atoms with Gasteiger partial charge in [0.2, 0.25) is 0 Å². The van der Waals surface area contributed by atoms with Crippen LogP contribution in [0.5, 0.6) is 0 Å². The summed E-state index contributed by atoms with van der Waals surface area (Å²) in [6.45, 7) is 2.95. The summed E-state index contributed by atoms with van der Waals surface area (Å²) < 4.78 is 12.1. The lowest BCUT2D eigenvalue weighted by atomic mass is 9.86. The van der Waals surface area contributed by atoms with Crippen molar-refractivity contribution in [2.75, 3.05) is 20.3 Å². The van der Waals surface area contributed by atoms with E-state index in [-0.39, 0.29) is 12.0 Å².